The molecule has 0 bridgehead atoms. The molecule has 0 aromatic carbocycles. The third kappa shape index (κ3) is 79.9. The van der Waals surface area contributed by atoms with E-state index in [4.69, 9.17) is 37.0 Å². The van der Waals surface area contributed by atoms with Gasteiger partial charge in [-0.1, -0.05) is 408 Å². The van der Waals surface area contributed by atoms with Crippen LogP contribution < -0.4 is 0 Å². The van der Waals surface area contributed by atoms with Crippen molar-refractivity contribution >= 4 is 39.5 Å². The fourth-order valence-corrected chi connectivity index (χ4v) is 15.0. The number of esters is 4. The third-order valence-electron chi connectivity index (χ3n) is 20.2. The summed E-state index contributed by atoms with van der Waals surface area (Å²) in [6.07, 6.45) is 69.4. The average Bonchev–Trinajstić information content (AvgIpc) is 0.911. The zero-order valence-corrected chi connectivity index (χ0v) is 70.8. The van der Waals surface area contributed by atoms with Crippen LogP contribution in [0.1, 0.15) is 459 Å². The maximum absolute atomic E-state index is 13.1. The van der Waals surface area contributed by atoms with Gasteiger partial charge in [0.15, 0.2) is 12.2 Å². The molecule has 0 spiro atoms. The average molecular weight is 1540 g/mol. The first kappa shape index (κ1) is 103. The fraction of sp³-hybridized carbons (Fsp3) is 0.953. The molecule has 105 heavy (non-hydrogen) atoms. The number of carbonyl (C=O) groups excluding carboxylic acids is 4. The van der Waals surface area contributed by atoms with Gasteiger partial charge in [0, 0.05) is 25.7 Å². The summed E-state index contributed by atoms with van der Waals surface area (Å²) in [5, 5.41) is 10.7. The molecule has 0 amide bonds. The number of ether oxygens (including phenoxy) is 4. The van der Waals surface area contributed by atoms with E-state index in [0.29, 0.717) is 25.7 Å². The second kappa shape index (κ2) is 77.4. The van der Waals surface area contributed by atoms with Gasteiger partial charge in [0.25, 0.3) is 0 Å². The zero-order chi connectivity index (χ0) is 77.1. The summed E-state index contributed by atoms with van der Waals surface area (Å²) in [5.74, 6) is -0.536. The van der Waals surface area contributed by atoms with Crippen molar-refractivity contribution in [1.29, 1.82) is 0 Å². The summed E-state index contributed by atoms with van der Waals surface area (Å²) in [6.45, 7) is 9.69. The van der Waals surface area contributed by atoms with E-state index in [1.54, 1.807) is 0 Å². The molecule has 0 fully saturated rings. The van der Waals surface area contributed by atoms with E-state index in [2.05, 4.69) is 41.5 Å². The third-order valence-corrected chi connectivity index (χ3v) is 22.1. The molecule has 3 N–H and O–H groups in total. The molecule has 0 aliphatic carbocycles. The number of hydrogen-bond donors (Lipinski definition) is 3. The Morgan fingerprint density at radius 1 is 0.257 bits per heavy atom. The SMILES string of the molecule is CCCCCCCCCCCCCCCCCCCCC(=O)OC[C@H](COP(=O)(O)OC[C@@H](O)COP(=O)(O)OC[C@@H](COC(=O)CCCCCCCCCCCC(C)C)OC(=O)CCCCCCCCCCCCCCCC)OC(=O)CCCCCCCCCCCCCCCCCCCCC(C)C. The number of phosphoric ester groups is 2. The van der Waals surface area contributed by atoms with E-state index in [1.165, 1.54) is 276 Å². The highest BCUT2D eigenvalue weighted by atomic mass is 31.2. The van der Waals surface area contributed by atoms with Crippen molar-refractivity contribution in [2.24, 2.45) is 11.8 Å². The van der Waals surface area contributed by atoms with E-state index < -0.39 is 97.5 Å². The first-order valence-electron chi connectivity index (χ1n) is 44.5. The van der Waals surface area contributed by atoms with Crippen LogP contribution in [0.3, 0.4) is 0 Å². The molecule has 17 nitrogen and oxygen atoms in total. The van der Waals surface area contributed by atoms with Crippen LogP contribution in [-0.2, 0) is 65.4 Å². The molecule has 0 saturated heterocycles. The minimum atomic E-state index is -4.97. The highest BCUT2D eigenvalue weighted by Crippen LogP contribution is 2.45. The molecule has 0 aromatic rings. The number of aliphatic hydroxyl groups excluding tert-OH is 1. The molecule has 5 atom stereocenters. The summed E-state index contributed by atoms with van der Waals surface area (Å²) in [7, 11) is -9.93. The van der Waals surface area contributed by atoms with Crippen molar-refractivity contribution in [1.82, 2.24) is 0 Å². The molecular formula is C86H168O17P2. The van der Waals surface area contributed by atoms with Gasteiger partial charge in [-0.2, -0.15) is 0 Å². The normalized spacial score (nSPS) is 13.8. The molecule has 2 unspecified atom stereocenters. The summed E-state index contributed by atoms with van der Waals surface area (Å²) in [6, 6.07) is 0. The van der Waals surface area contributed by atoms with Gasteiger partial charge in [-0.25, -0.2) is 9.13 Å². The van der Waals surface area contributed by atoms with Crippen LogP contribution >= 0.6 is 15.6 Å². The van der Waals surface area contributed by atoms with E-state index in [9.17, 15) is 43.2 Å². The lowest BCUT2D eigenvalue weighted by molar-refractivity contribution is -0.161. The second-order valence-corrected chi connectivity index (χ2v) is 34.8. The Balaban J connectivity index is 5.24. The Kier molecular flexibility index (Phi) is 76.0. The van der Waals surface area contributed by atoms with Crippen LogP contribution in [0.2, 0.25) is 0 Å². The van der Waals surface area contributed by atoms with Crippen molar-refractivity contribution in [2.45, 2.75) is 477 Å². The van der Waals surface area contributed by atoms with Crippen LogP contribution in [0.15, 0.2) is 0 Å². The minimum Gasteiger partial charge on any atom is -0.462 e. The van der Waals surface area contributed by atoms with Crippen LogP contribution in [-0.4, -0.2) is 96.7 Å². The van der Waals surface area contributed by atoms with Gasteiger partial charge in [0.2, 0.25) is 0 Å². The van der Waals surface area contributed by atoms with Crippen LogP contribution in [0.25, 0.3) is 0 Å². The van der Waals surface area contributed by atoms with Gasteiger partial charge >= 0.3 is 39.5 Å². The van der Waals surface area contributed by atoms with Crippen molar-refractivity contribution in [3.63, 3.8) is 0 Å². The predicted molar refractivity (Wildman–Crippen MR) is 432 cm³/mol. The quantitative estimate of drug-likeness (QED) is 0.0222. The summed E-state index contributed by atoms with van der Waals surface area (Å²) in [4.78, 5) is 73.2. The summed E-state index contributed by atoms with van der Waals surface area (Å²) < 4.78 is 68.9. The number of phosphoric acid groups is 2. The van der Waals surface area contributed by atoms with Crippen LogP contribution in [0, 0.1) is 11.8 Å². The summed E-state index contributed by atoms with van der Waals surface area (Å²) in [5.41, 5.74) is 0. The van der Waals surface area contributed by atoms with E-state index >= 15 is 0 Å². The molecule has 0 aliphatic rings. The summed E-state index contributed by atoms with van der Waals surface area (Å²) >= 11 is 0. The first-order chi connectivity index (χ1) is 50.9. The largest absolute Gasteiger partial charge is 0.472 e. The van der Waals surface area contributed by atoms with Gasteiger partial charge in [0.05, 0.1) is 26.4 Å². The molecule has 0 heterocycles. The van der Waals surface area contributed by atoms with Gasteiger partial charge in [0.1, 0.15) is 19.3 Å². The lowest BCUT2D eigenvalue weighted by atomic mass is 10.0. The lowest BCUT2D eigenvalue weighted by Crippen LogP contribution is -2.30. The smallest absolute Gasteiger partial charge is 0.462 e. The van der Waals surface area contributed by atoms with Gasteiger partial charge in [-0.3, -0.25) is 37.3 Å². The molecule has 0 aliphatic heterocycles. The van der Waals surface area contributed by atoms with Crippen LogP contribution in [0.5, 0.6) is 0 Å². The Labute approximate surface area is 645 Å². The highest BCUT2D eigenvalue weighted by molar-refractivity contribution is 7.47. The first-order valence-corrected chi connectivity index (χ1v) is 47.5. The fourth-order valence-electron chi connectivity index (χ4n) is 13.4. The number of aliphatic hydroxyl groups is 1. The van der Waals surface area contributed by atoms with Crippen LogP contribution in [0.4, 0.5) is 0 Å². The monoisotopic (exact) mass is 1540 g/mol. The number of rotatable bonds is 85. The number of carbonyl (C=O) groups is 4. The zero-order valence-electron chi connectivity index (χ0n) is 69.0. The standard InChI is InChI=1S/C86H168O17P2/c1-7-9-11-13-15-17-19-21-23-24-28-31-35-38-44-50-56-62-68-83(88)96-74-81(102-86(91)71-65-59-53-46-40-36-32-29-26-25-27-30-33-37-42-48-54-60-66-78(3)4)76-100-104(92,93)98-72-80(87)73-99-105(94,95)101-77-82(75-97-84(89)69-63-57-51-47-41-43-49-55-61-67-79(5)6)103-85(90)70-64-58-52-45-39-34-22-20-18-16-14-12-10-8-2/h78-82,87H,7-77H2,1-6H3,(H,92,93)(H,94,95)/t80-,81-,82-/m1/s1. The lowest BCUT2D eigenvalue weighted by Gasteiger charge is -2.21. The molecule has 624 valence electrons. The van der Waals surface area contributed by atoms with E-state index in [1.807, 2.05) is 0 Å². The Morgan fingerprint density at radius 2 is 0.438 bits per heavy atom. The predicted octanol–water partition coefficient (Wildman–Crippen LogP) is 26.2. The Bertz CT molecular complexity index is 2010. The molecule has 0 rings (SSSR count). The van der Waals surface area contributed by atoms with E-state index in [-0.39, 0.29) is 25.7 Å². The number of unbranched alkanes of at least 4 members (excludes halogenated alkanes) is 55. The molecule has 19 heteroatoms. The molecule has 0 saturated carbocycles. The van der Waals surface area contributed by atoms with E-state index in [0.717, 1.165) is 102 Å². The minimum absolute atomic E-state index is 0.108. The molecule has 0 radical (unpaired) electrons. The van der Waals surface area contributed by atoms with Gasteiger partial charge in [-0.15, -0.1) is 0 Å². The molecule has 0 aromatic heterocycles. The Morgan fingerprint density at radius 3 is 0.648 bits per heavy atom. The van der Waals surface area contributed by atoms with Crippen molar-refractivity contribution in [3.05, 3.63) is 0 Å². The maximum Gasteiger partial charge on any atom is 0.472 e. The second-order valence-electron chi connectivity index (χ2n) is 31.9. The maximum atomic E-state index is 13.1. The van der Waals surface area contributed by atoms with Gasteiger partial charge < -0.3 is 33.8 Å². The Hall–Kier alpha value is -1.94. The van der Waals surface area contributed by atoms with Crippen molar-refractivity contribution in [3.8, 4) is 0 Å². The molecular weight excluding hydrogens is 1370 g/mol. The van der Waals surface area contributed by atoms with Gasteiger partial charge in [-0.05, 0) is 37.5 Å². The number of hydrogen-bond acceptors (Lipinski definition) is 15. The highest BCUT2D eigenvalue weighted by Gasteiger charge is 2.30. The van der Waals surface area contributed by atoms with Crippen molar-refractivity contribution < 1.29 is 80.2 Å². The van der Waals surface area contributed by atoms with Crippen molar-refractivity contribution in [2.75, 3.05) is 39.6 Å². The topological polar surface area (TPSA) is 237 Å².